The number of rotatable bonds is 8. The molecule has 0 fully saturated rings. The third-order valence-electron chi connectivity index (χ3n) is 3.49. The summed E-state index contributed by atoms with van der Waals surface area (Å²) in [5, 5.41) is 2.86. The second-order valence-corrected chi connectivity index (χ2v) is 6.32. The van der Waals surface area contributed by atoms with E-state index in [1.54, 1.807) is 6.07 Å². The fourth-order valence-corrected chi connectivity index (χ4v) is 2.64. The van der Waals surface area contributed by atoms with E-state index < -0.39 is 11.7 Å². The summed E-state index contributed by atoms with van der Waals surface area (Å²) in [6, 6.07) is 7.01. The Labute approximate surface area is 162 Å². The molecule has 1 N–H and O–H groups in total. The zero-order valence-electron chi connectivity index (χ0n) is 14.6. The van der Waals surface area contributed by atoms with Crippen LogP contribution in [0.2, 0.25) is 10.0 Å². The van der Waals surface area contributed by atoms with Gasteiger partial charge in [0.15, 0.2) is 11.5 Å². The van der Waals surface area contributed by atoms with Gasteiger partial charge in [-0.25, -0.2) is 4.39 Å². The molecule has 0 saturated carbocycles. The summed E-state index contributed by atoms with van der Waals surface area (Å²) in [6.07, 6.45) is 1.87. The molecule has 0 atom stereocenters. The average Bonchev–Trinajstić information content (AvgIpc) is 2.60. The molecule has 0 bridgehead atoms. The number of hydrogen-bond acceptors (Lipinski definition) is 3. The van der Waals surface area contributed by atoms with Crippen LogP contribution in [0.5, 0.6) is 11.5 Å². The first-order valence-corrected chi connectivity index (χ1v) is 9.07. The quantitative estimate of drug-likeness (QED) is 0.556. The molecule has 140 valence electrons. The summed E-state index contributed by atoms with van der Waals surface area (Å²) < 4.78 is 24.5. The molecule has 26 heavy (non-hydrogen) atoms. The Hall–Kier alpha value is -1.98. The van der Waals surface area contributed by atoms with Crippen molar-refractivity contribution in [1.29, 1.82) is 0 Å². The van der Waals surface area contributed by atoms with Crippen LogP contribution >= 0.6 is 23.2 Å². The topological polar surface area (TPSA) is 47.6 Å². The summed E-state index contributed by atoms with van der Waals surface area (Å²) in [4.78, 5) is 12.5. The standard InChI is InChI=1S/C19H20Cl2FNO3/c1-3-5-8-26-18-15(21)9-12(10-17(18)25-4-2)19(24)23-13-6-7-16(22)14(20)11-13/h6-7,9-11H,3-5,8H2,1-2H3,(H,23,24). The number of carbonyl (C=O) groups excluding carboxylic acids is 1. The monoisotopic (exact) mass is 399 g/mol. The lowest BCUT2D eigenvalue weighted by Crippen LogP contribution is -2.13. The molecular weight excluding hydrogens is 380 g/mol. The van der Waals surface area contributed by atoms with E-state index in [0.717, 1.165) is 12.8 Å². The summed E-state index contributed by atoms with van der Waals surface area (Å²) in [6.45, 7) is 4.80. The van der Waals surface area contributed by atoms with Crippen LogP contribution in [0.1, 0.15) is 37.0 Å². The molecule has 0 aromatic heterocycles. The van der Waals surface area contributed by atoms with Gasteiger partial charge in [0.05, 0.1) is 23.3 Å². The first kappa shape index (κ1) is 20.3. The number of amides is 1. The first-order valence-electron chi connectivity index (χ1n) is 8.31. The first-order chi connectivity index (χ1) is 12.5. The molecule has 0 radical (unpaired) electrons. The molecule has 0 heterocycles. The van der Waals surface area contributed by atoms with E-state index in [9.17, 15) is 9.18 Å². The predicted octanol–water partition coefficient (Wildman–Crippen LogP) is 5.96. The third kappa shape index (κ3) is 5.26. The van der Waals surface area contributed by atoms with Gasteiger partial charge >= 0.3 is 0 Å². The van der Waals surface area contributed by atoms with Gasteiger partial charge in [0.1, 0.15) is 5.82 Å². The van der Waals surface area contributed by atoms with Gasteiger partial charge in [-0.3, -0.25) is 4.79 Å². The Balaban J connectivity index is 2.24. The largest absolute Gasteiger partial charge is 0.490 e. The summed E-state index contributed by atoms with van der Waals surface area (Å²) in [5.74, 6) is -0.155. The number of carbonyl (C=O) groups is 1. The van der Waals surface area contributed by atoms with Gasteiger partial charge < -0.3 is 14.8 Å². The minimum Gasteiger partial charge on any atom is -0.490 e. The van der Waals surface area contributed by atoms with Crippen LogP contribution in [-0.4, -0.2) is 19.1 Å². The molecule has 2 rings (SSSR count). The van der Waals surface area contributed by atoms with E-state index in [1.165, 1.54) is 24.3 Å². The number of halogens is 3. The van der Waals surface area contributed by atoms with E-state index in [0.29, 0.717) is 36.0 Å². The van der Waals surface area contributed by atoms with Crippen molar-refractivity contribution in [1.82, 2.24) is 0 Å². The van der Waals surface area contributed by atoms with E-state index >= 15 is 0 Å². The van der Waals surface area contributed by atoms with Crippen LogP contribution in [0.15, 0.2) is 30.3 Å². The molecular formula is C19H20Cl2FNO3. The van der Waals surface area contributed by atoms with Crippen molar-refractivity contribution in [3.63, 3.8) is 0 Å². The Kier molecular flexibility index (Phi) is 7.54. The highest BCUT2D eigenvalue weighted by Crippen LogP contribution is 2.37. The van der Waals surface area contributed by atoms with Crippen LogP contribution < -0.4 is 14.8 Å². The molecule has 1 amide bonds. The number of unbranched alkanes of at least 4 members (excludes halogenated alkanes) is 1. The van der Waals surface area contributed by atoms with Crippen LogP contribution in [0, 0.1) is 5.82 Å². The minimum absolute atomic E-state index is 0.0736. The number of anilines is 1. The third-order valence-corrected chi connectivity index (χ3v) is 4.06. The zero-order valence-corrected chi connectivity index (χ0v) is 16.1. The highest BCUT2D eigenvalue weighted by atomic mass is 35.5. The zero-order chi connectivity index (χ0) is 19.1. The Morgan fingerprint density at radius 3 is 2.54 bits per heavy atom. The van der Waals surface area contributed by atoms with Gasteiger partial charge in [-0.15, -0.1) is 0 Å². The smallest absolute Gasteiger partial charge is 0.255 e. The van der Waals surface area contributed by atoms with Crippen molar-refractivity contribution in [3.8, 4) is 11.5 Å². The van der Waals surface area contributed by atoms with Crippen molar-refractivity contribution < 1.29 is 18.7 Å². The van der Waals surface area contributed by atoms with E-state index in [2.05, 4.69) is 12.2 Å². The second kappa shape index (κ2) is 9.64. The van der Waals surface area contributed by atoms with E-state index in [-0.39, 0.29) is 10.0 Å². The second-order valence-electron chi connectivity index (χ2n) is 5.50. The Morgan fingerprint density at radius 2 is 1.88 bits per heavy atom. The van der Waals surface area contributed by atoms with Crippen molar-refractivity contribution in [3.05, 3.63) is 51.8 Å². The average molecular weight is 400 g/mol. The van der Waals surface area contributed by atoms with Gasteiger partial charge in [-0.05, 0) is 43.7 Å². The minimum atomic E-state index is -0.556. The van der Waals surface area contributed by atoms with Gasteiger partial charge in [-0.1, -0.05) is 36.5 Å². The lowest BCUT2D eigenvalue weighted by atomic mass is 10.1. The van der Waals surface area contributed by atoms with Gasteiger partial charge in [0, 0.05) is 11.3 Å². The lowest BCUT2D eigenvalue weighted by Gasteiger charge is -2.15. The summed E-state index contributed by atoms with van der Waals surface area (Å²) in [7, 11) is 0. The van der Waals surface area contributed by atoms with E-state index in [1.807, 2.05) is 6.92 Å². The van der Waals surface area contributed by atoms with Crippen molar-refractivity contribution in [2.75, 3.05) is 18.5 Å². The van der Waals surface area contributed by atoms with Gasteiger partial charge in [0.25, 0.3) is 5.91 Å². The van der Waals surface area contributed by atoms with E-state index in [4.69, 9.17) is 32.7 Å². The molecule has 0 aliphatic heterocycles. The SMILES string of the molecule is CCCCOc1c(Cl)cc(C(=O)Nc2ccc(F)c(Cl)c2)cc1OCC. The number of ether oxygens (including phenoxy) is 2. The van der Waals surface area contributed by atoms with Crippen molar-refractivity contribution >= 4 is 34.8 Å². The van der Waals surface area contributed by atoms with Crippen LogP contribution in [0.25, 0.3) is 0 Å². The Morgan fingerprint density at radius 1 is 1.12 bits per heavy atom. The predicted molar refractivity (Wildman–Crippen MR) is 102 cm³/mol. The maximum absolute atomic E-state index is 13.2. The highest BCUT2D eigenvalue weighted by Gasteiger charge is 2.17. The Bertz CT molecular complexity index is 784. The fraction of sp³-hybridized carbons (Fsp3) is 0.316. The number of nitrogens with one attached hydrogen (secondary N) is 1. The lowest BCUT2D eigenvalue weighted by molar-refractivity contribution is 0.102. The molecule has 0 aliphatic rings. The molecule has 2 aromatic rings. The molecule has 2 aromatic carbocycles. The molecule has 0 saturated heterocycles. The van der Waals surface area contributed by atoms with Gasteiger partial charge in [0.2, 0.25) is 0 Å². The van der Waals surface area contributed by atoms with Crippen molar-refractivity contribution in [2.24, 2.45) is 0 Å². The maximum Gasteiger partial charge on any atom is 0.255 e. The highest BCUT2D eigenvalue weighted by molar-refractivity contribution is 6.33. The van der Waals surface area contributed by atoms with Gasteiger partial charge in [-0.2, -0.15) is 0 Å². The van der Waals surface area contributed by atoms with Crippen LogP contribution in [0.3, 0.4) is 0 Å². The number of hydrogen-bond donors (Lipinski definition) is 1. The number of benzene rings is 2. The molecule has 4 nitrogen and oxygen atoms in total. The van der Waals surface area contributed by atoms with Crippen LogP contribution in [0.4, 0.5) is 10.1 Å². The van der Waals surface area contributed by atoms with Crippen molar-refractivity contribution in [2.45, 2.75) is 26.7 Å². The molecule has 7 heteroatoms. The summed E-state index contributed by atoms with van der Waals surface area (Å²) in [5.41, 5.74) is 0.667. The fourth-order valence-electron chi connectivity index (χ4n) is 2.20. The normalized spacial score (nSPS) is 10.5. The molecule has 0 spiro atoms. The molecule has 0 aliphatic carbocycles. The maximum atomic E-state index is 13.2. The molecule has 0 unspecified atom stereocenters. The van der Waals surface area contributed by atoms with Crippen LogP contribution in [-0.2, 0) is 0 Å². The summed E-state index contributed by atoms with van der Waals surface area (Å²) >= 11 is 12.0.